The summed E-state index contributed by atoms with van der Waals surface area (Å²) < 4.78 is 29.1. The summed E-state index contributed by atoms with van der Waals surface area (Å²) in [6.07, 6.45) is 0. The van der Waals surface area contributed by atoms with Crippen LogP contribution in [0.15, 0.2) is 76.7 Å². The number of hydrogen-bond donors (Lipinski definition) is 1. The van der Waals surface area contributed by atoms with Crippen LogP contribution in [0.2, 0.25) is 5.02 Å². The van der Waals surface area contributed by atoms with Gasteiger partial charge < -0.3 is 0 Å². The highest BCUT2D eigenvalue weighted by Gasteiger charge is 2.28. The maximum atomic E-state index is 13.5. The van der Waals surface area contributed by atoms with Crippen molar-refractivity contribution in [3.05, 3.63) is 92.0 Å². The first-order valence-electron chi connectivity index (χ1n) is 10.0. The van der Waals surface area contributed by atoms with Crippen LogP contribution < -0.4 is 9.73 Å². The second kappa shape index (κ2) is 10.7. The summed E-state index contributed by atoms with van der Waals surface area (Å²) in [5.74, 6) is -0.574. The third-order valence-corrected chi connectivity index (χ3v) is 7.85. The minimum absolute atomic E-state index is 0.0822. The van der Waals surface area contributed by atoms with E-state index in [1.807, 2.05) is 31.2 Å². The van der Waals surface area contributed by atoms with Crippen LogP contribution >= 0.6 is 34.2 Å². The summed E-state index contributed by atoms with van der Waals surface area (Å²) >= 11 is 8.45. The summed E-state index contributed by atoms with van der Waals surface area (Å²) in [5, 5.41) is 4.56. The molecular weight excluding hydrogens is 573 g/mol. The van der Waals surface area contributed by atoms with Crippen LogP contribution in [0.25, 0.3) is 0 Å². The molecule has 0 saturated heterocycles. The molecule has 6 nitrogen and oxygen atoms in total. The lowest BCUT2D eigenvalue weighted by Crippen LogP contribution is -2.40. The molecule has 0 heterocycles. The number of nitrogens with one attached hydrogen (secondary N) is 1. The molecule has 0 fully saturated rings. The van der Waals surface area contributed by atoms with E-state index in [0.29, 0.717) is 22.0 Å². The van der Waals surface area contributed by atoms with Gasteiger partial charge in [0, 0.05) is 8.59 Å². The summed E-state index contributed by atoms with van der Waals surface area (Å²) in [7, 11) is -4.04. The van der Waals surface area contributed by atoms with Crippen molar-refractivity contribution in [2.75, 3.05) is 10.8 Å². The zero-order chi connectivity index (χ0) is 24.2. The highest BCUT2D eigenvalue weighted by molar-refractivity contribution is 14.1. The van der Waals surface area contributed by atoms with Crippen molar-refractivity contribution in [2.45, 2.75) is 25.7 Å². The van der Waals surface area contributed by atoms with Crippen LogP contribution in [0.3, 0.4) is 0 Å². The number of halogens is 2. The lowest BCUT2D eigenvalue weighted by atomic mass is 10.1. The predicted octanol–water partition coefficient (Wildman–Crippen LogP) is 5.30. The number of hydrazone groups is 1. The van der Waals surface area contributed by atoms with Gasteiger partial charge in [0.15, 0.2) is 0 Å². The Hall–Kier alpha value is -2.43. The number of amides is 1. The molecule has 0 atom stereocenters. The van der Waals surface area contributed by atoms with E-state index in [2.05, 4.69) is 33.1 Å². The fourth-order valence-corrected chi connectivity index (χ4v) is 5.28. The summed E-state index contributed by atoms with van der Waals surface area (Å²) in [6.45, 7) is 4.90. The number of benzene rings is 3. The number of sulfonamides is 1. The number of nitrogens with zero attached hydrogens (tertiary/aromatic N) is 2. The van der Waals surface area contributed by atoms with Gasteiger partial charge in [0.05, 0.1) is 16.3 Å². The van der Waals surface area contributed by atoms with E-state index in [4.69, 9.17) is 11.6 Å². The zero-order valence-electron chi connectivity index (χ0n) is 18.3. The molecular formula is C24H23ClIN3O3S. The van der Waals surface area contributed by atoms with Gasteiger partial charge in [0.2, 0.25) is 0 Å². The first-order valence-corrected chi connectivity index (χ1v) is 12.9. The van der Waals surface area contributed by atoms with Crippen LogP contribution in [0, 0.1) is 17.4 Å². The number of carbonyl (C=O) groups is 1. The smallest absolute Gasteiger partial charge is 0.264 e. The molecule has 0 bridgehead atoms. The molecule has 0 aliphatic carbocycles. The molecule has 0 saturated carbocycles. The maximum Gasteiger partial charge on any atom is 0.264 e. The third kappa shape index (κ3) is 6.13. The van der Waals surface area contributed by atoms with Gasteiger partial charge in [-0.3, -0.25) is 9.10 Å². The van der Waals surface area contributed by atoms with Crippen molar-refractivity contribution >= 4 is 61.5 Å². The van der Waals surface area contributed by atoms with Gasteiger partial charge in [-0.05, 0) is 90.9 Å². The molecule has 0 spiro atoms. The Morgan fingerprint density at radius 3 is 2.39 bits per heavy atom. The van der Waals surface area contributed by atoms with Crippen LogP contribution in [-0.4, -0.2) is 26.6 Å². The molecule has 3 rings (SSSR count). The number of anilines is 1. The largest absolute Gasteiger partial charge is 0.271 e. The molecule has 0 radical (unpaired) electrons. The SMILES string of the molecule is C/C(=N/NC(=O)CN(c1cccc(Cl)c1C)S(=O)(=O)c1ccc(C)cc1)c1cccc(I)c1. The molecule has 3 aromatic rings. The molecule has 0 aliphatic heterocycles. The Morgan fingerprint density at radius 1 is 1.06 bits per heavy atom. The average Bonchev–Trinajstić information content (AvgIpc) is 2.78. The van der Waals surface area contributed by atoms with Crippen LogP contribution in [0.4, 0.5) is 5.69 Å². The molecule has 3 aromatic carbocycles. The van der Waals surface area contributed by atoms with E-state index in [-0.39, 0.29) is 4.90 Å². The standard InChI is InChI=1S/C24H23ClIN3O3S/c1-16-10-12-21(13-11-16)33(31,32)29(23-9-5-8-22(25)17(23)2)15-24(30)28-27-18(3)19-6-4-7-20(26)14-19/h4-14H,15H2,1-3H3,(H,28,30)/b27-18-. The summed E-state index contributed by atoms with van der Waals surface area (Å²) in [4.78, 5) is 12.9. The number of aryl methyl sites for hydroxylation is 1. The van der Waals surface area contributed by atoms with E-state index in [9.17, 15) is 13.2 Å². The van der Waals surface area contributed by atoms with Gasteiger partial charge in [-0.15, -0.1) is 0 Å². The Balaban J connectivity index is 1.93. The fourth-order valence-electron chi connectivity index (χ4n) is 3.09. The molecule has 1 amide bonds. The normalized spacial score (nSPS) is 11.8. The highest BCUT2D eigenvalue weighted by atomic mass is 127. The Morgan fingerprint density at radius 2 is 1.73 bits per heavy atom. The third-order valence-electron chi connectivity index (χ3n) is 4.99. The first-order chi connectivity index (χ1) is 15.6. The van der Waals surface area contributed by atoms with Gasteiger partial charge in [-0.1, -0.05) is 47.5 Å². The van der Waals surface area contributed by atoms with Crippen molar-refractivity contribution in [1.82, 2.24) is 5.43 Å². The van der Waals surface area contributed by atoms with Crippen molar-refractivity contribution in [3.8, 4) is 0 Å². The molecule has 1 N–H and O–H groups in total. The summed E-state index contributed by atoms with van der Waals surface area (Å²) in [5.41, 5.74) is 5.75. The van der Waals surface area contributed by atoms with Crippen molar-refractivity contribution in [2.24, 2.45) is 5.10 Å². The quantitative estimate of drug-likeness (QED) is 0.229. The maximum absolute atomic E-state index is 13.5. The lowest BCUT2D eigenvalue weighted by Gasteiger charge is -2.25. The molecule has 9 heteroatoms. The minimum Gasteiger partial charge on any atom is -0.271 e. The van der Waals surface area contributed by atoms with Crippen LogP contribution in [-0.2, 0) is 14.8 Å². The van der Waals surface area contributed by atoms with Gasteiger partial charge in [0.25, 0.3) is 15.9 Å². The minimum atomic E-state index is -4.04. The Labute approximate surface area is 212 Å². The topological polar surface area (TPSA) is 78.8 Å². The summed E-state index contributed by atoms with van der Waals surface area (Å²) in [6, 6.07) is 19.1. The molecule has 0 aliphatic rings. The zero-order valence-corrected chi connectivity index (χ0v) is 22.1. The van der Waals surface area contributed by atoms with Crippen LogP contribution in [0.5, 0.6) is 0 Å². The van der Waals surface area contributed by atoms with E-state index in [1.54, 1.807) is 44.2 Å². The number of rotatable bonds is 7. The van der Waals surface area contributed by atoms with Crippen molar-refractivity contribution in [1.29, 1.82) is 0 Å². The van der Waals surface area contributed by atoms with E-state index in [1.165, 1.54) is 12.1 Å². The molecule has 0 unspecified atom stereocenters. The highest BCUT2D eigenvalue weighted by Crippen LogP contribution is 2.30. The predicted molar refractivity (Wildman–Crippen MR) is 141 cm³/mol. The Kier molecular flexibility index (Phi) is 8.14. The van der Waals surface area contributed by atoms with Gasteiger partial charge in [-0.2, -0.15) is 5.10 Å². The van der Waals surface area contributed by atoms with Gasteiger partial charge in [-0.25, -0.2) is 13.8 Å². The average molecular weight is 596 g/mol. The van der Waals surface area contributed by atoms with Crippen LogP contribution in [0.1, 0.15) is 23.6 Å². The second-order valence-corrected chi connectivity index (χ2v) is 11.0. The fraction of sp³-hybridized carbons (Fsp3) is 0.167. The van der Waals surface area contributed by atoms with E-state index >= 15 is 0 Å². The first kappa shape index (κ1) is 25.2. The molecule has 0 aromatic heterocycles. The van der Waals surface area contributed by atoms with Gasteiger partial charge in [0.1, 0.15) is 6.54 Å². The number of carbonyl (C=O) groups excluding carboxylic acids is 1. The Bertz CT molecular complexity index is 1310. The van der Waals surface area contributed by atoms with Crippen molar-refractivity contribution in [3.63, 3.8) is 0 Å². The lowest BCUT2D eigenvalue weighted by molar-refractivity contribution is -0.119. The van der Waals surface area contributed by atoms with Gasteiger partial charge >= 0.3 is 0 Å². The number of hydrogen-bond acceptors (Lipinski definition) is 4. The van der Waals surface area contributed by atoms with E-state index in [0.717, 1.165) is 19.0 Å². The second-order valence-electron chi connectivity index (χ2n) is 7.45. The van der Waals surface area contributed by atoms with E-state index < -0.39 is 22.5 Å². The molecule has 172 valence electrons. The monoisotopic (exact) mass is 595 g/mol. The molecule has 33 heavy (non-hydrogen) atoms. The van der Waals surface area contributed by atoms with Crippen molar-refractivity contribution < 1.29 is 13.2 Å².